The molecule has 13 aromatic rings. The highest BCUT2D eigenvalue weighted by Crippen LogP contribution is 2.31. The number of halogens is 3. The zero-order valence-electron chi connectivity index (χ0n) is 60.7. The first-order valence-corrected chi connectivity index (χ1v) is 41.4. The standard InChI is InChI=1S/C24H23N3O2S.C21H20N2O2S.C20H20F2N2O2S.C20H21FN2O2S/c1-18-10-14-22(15-11-18)30(28,29)27-23-9-3-7-20-12-13-21(26-24(20)23)8-2-5-19-6-4-16-25-17-19;1-3-4-5-8-18-13-12-17-7-6-9-20(21(17)22-18)23-26(24,25)19-14-10-16(2)11-15-19;1-14-8-12-17(13-9-14)27(25,26)24-18-6-2-4-15-10-11-16(23-20(15)18)5-3-7-19(21)22;1-15-8-12-18(13-9-15)26(24,25)23-19-7-4-5-16-10-11-17(22-20(16)19)6-2-3-14-21/h3-4,6-7,9-17,27H,2,5,8H2,1H3;1,6-7,9-15,23H,4-5,8H2,2H3;2,4,6,8-13,19,24H,3,5,7H2,1H3;4-5,7-13,23H,2-3,6,14H2,1H3. The van der Waals surface area contributed by atoms with Gasteiger partial charge in [0.15, 0.2) is 0 Å². The first-order chi connectivity index (χ1) is 52.3. The Hall–Kier alpha value is -11.1. The number of pyridine rings is 5. The van der Waals surface area contributed by atoms with Crippen molar-refractivity contribution in [2.45, 2.75) is 131 Å². The van der Waals surface area contributed by atoms with E-state index in [1.54, 1.807) is 146 Å². The predicted molar refractivity (Wildman–Crippen MR) is 431 cm³/mol. The van der Waals surface area contributed by atoms with Crippen LogP contribution >= 0.6 is 0 Å². The Morgan fingerprint density at radius 3 is 0.963 bits per heavy atom. The molecule has 0 amide bonds. The van der Waals surface area contributed by atoms with E-state index in [0.717, 1.165) is 93.0 Å². The number of anilines is 4. The summed E-state index contributed by atoms with van der Waals surface area (Å²) in [4.78, 5) is 23.5. The predicted octanol–water partition coefficient (Wildman–Crippen LogP) is 18.8. The number of benzene rings is 8. The van der Waals surface area contributed by atoms with Gasteiger partial charge in [-0.15, -0.1) is 12.3 Å². The summed E-state index contributed by atoms with van der Waals surface area (Å²) in [6.07, 6.45) is 14.1. The largest absolute Gasteiger partial charge is 0.277 e. The second kappa shape index (κ2) is 37.6. The van der Waals surface area contributed by atoms with Crippen molar-refractivity contribution >= 4 is 106 Å². The van der Waals surface area contributed by atoms with Crippen LogP contribution in [-0.2, 0) is 72.2 Å². The van der Waals surface area contributed by atoms with E-state index in [2.05, 4.69) is 50.8 Å². The third-order valence-corrected chi connectivity index (χ3v) is 23.0. The van der Waals surface area contributed by atoms with Gasteiger partial charge in [0.05, 0.1) is 71.1 Å². The highest BCUT2D eigenvalue weighted by atomic mass is 32.2. The van der Waals surface area contributed by atoms with E-state index >= 15 is 0 Å². The number of para-hydroxylation sites is 4. The third-order valence-electron chi connectivity index (χ3n) is 17.5. The number of sulfonamides is 4. The molecule has 562 valence electrons. The van der Waals surface area contributed by atoms with Gasteiger partial charge in [-0.3, -0.25) is 48.2 Å². The van der Waals surface area contributed by atoms with Crippen LogP contribution in [0.15, 0.2) is 262 Å². The van der Waals surface area contributed by atoms with Gasteiger partial charge in [-0.25, -0.2) is 42.5 Å². The molecule has 0 fully saturated rings. The first kappa shape index (κ1) is 80.4. The summed E-state index contributed by atoms with van der Waals surface area (Å²) in [7, 11) is -14.8. The SMILES string of the molecule is C#CCCCc1ccc2cccc(NS(=O)(=O)c3ccc(C)cc3)c2n1.Cc1ccc(S(=O)(=O)Nc2cccc3ccc(CCCC(F)F)nc23)cc1.Cc1ccc(S(=O)(=O)Nc2cccc3ccc(CCCCF)nc23)cc1.Cc1ccc(S(=O)(=O)Nc2cccc3ccc(CCCc4cccnc4)nc23)cc1. The first-order valence-electron chi connectivity index (χ1n) is 35.4. The van der Waals surface area contributed by atoms with Gasteiger partial charge in [0.2, 0.25) is 6.43 Å². The molecule has 5 aromatic heterocycles. The number of nitrogens with one attached hydrogen (secondary N) is 4. The number of aryl methyl sites for hydroxylation is 9. The Bertz CT molecular complexity index is 5790. The van der Waals surface area contributed by atoms with Crippen LogP contribution in [-0.4, -0.2) is 71.7 Å². The topological polar surface area (TPSA) is 249 Å². The zero-order valence-corrected chi connectivity index (χ0v) is 64.0. The maximum absolute atomic E-state index is 12.8. The lowest BCUT2D eigenvalue weighted by atomic mass is 10.1. The van der Waals surface area contributed by atoms with Crippen molar-refractivity contribution in [3.8, 4) is 12.3 Å². The van der Waals surface area contributed by atoms with Crippen LogP contribution in [0, 0.1) is 40.0 Å². The summed E-state index contributed by atoms with van der Waals surface area (Å²) in [6, 6.07) is 67.7. The fourth-order valence-electron chi connectivity index (χ4n) is 11.6. The Labute approximate surface area is 636 Å². The van der Waals surface area contributed by atoms with E-state index in [0.29, 0.717) is 89.0 Å². The number of alkyl halides is 3. The lowest BCUT2D eigenvalue weighted by Gasteiger charge is -2.11. The Morgan fingerprint density at radius 1 is 0.358 bits per heavy atom. The molecule has 0 aliphatic carbocycles. The summed E-state index contributed by atoms with van der Waals surface area (Å²) in [6.45, 7) is 7.29. The molecule has 17 nitrogen and oxygen atoms in total. The number of unbranched alkanes of at least 4 members (excludes halogenated alkanes) is 2. The molecule has 0 unspecified atom stereocenters. The smallest absolute Gasteiger partial charge is 0.261 e. The molecule has 0 atom stereocenters. The molecule has 0 saturated carbocycles. The van der Waals surface area contributed by atoms with Crippen LogP contribution in [0.25, 0.3) is 43.6 Å². The number of terminal acetylenes is 1. The van der Waals surface area contributed by atoms with Crippen LogP contribution in [0.4, 0.5) is 35.9 Å². The van der Waals surface area contributed by atoms with Crippen molar-refractivity contribution in [3.63, 3.8) is 0 Å². The number of hydrogen-bond acceptors (Lipinski definition) is 13. The fourth-order valence-corrected chi connectivity index (χ4v) is 15.8. The maximum Gasteiger partial charge on any atom is 0.261 e. The minimum absolute atomic E-state index is 0.165. The van der Waals surface area contributed by atoms with Gasteiger partial charge in [0.25, 0.3) is 40.1 Å². The van der Waals surface area contributed by atoms with Crippen LogP contribution in [0.5, 0.6) is 0 Å². The van der Waals surface area contributed by atoms with Crippen molar-refractivity contribution in [2.24, 2.45) is 0 Å². The molecule has 0 bridgehead atoms. The normalized spacial score (nSPS) is 11.6. The van der Waals surface area contributed by atoms with Crippen LogP contribution in [0.2, 0.25) is 0 Å². The number of hydrogen-bond donors (Lipinski definition) is 4. The molecular weight excluding hydrogens is 1460 g/mol. The Balaban J connectivity index is 0.000000155. The zero-order chi connectivity index (χ0) is 77.6. The second-order valence-corrected chi connectivity index (χ2v) is 32.8. The van der Waals surface area contributed by atoms with Gasteiger partial charge < -0.3 is 0 Å². The summed E-state index contributed by atoms with van der Waals surface area (Å²) >= 11 is 0. The molecule has 109 heavy (non-hydrogen) atoms. The van der Waals surface area contributed by atoms with E-state index in [9.17, 15) is 46.8 Å². The molecular formula is C85H84F3N9O8S4. The van der Waals surface area contributed by atoms with Crippen LogP contribution < -0.4 is 18.9 Å². The average molecular weight is 1540 g/mol. The lowest BCUT2D eigenvalue weighted by Crippen LogP contribution is -2.13. The highest BCUT2D eigenvalue weighted by Gasteiger charge is 2.21. The van der Waals surface area contributed by atoms with Crippen LogP contribution in [0.1, 0.15) is 95.5 Å². The number of rotatable bonds is 27. The Kier molecular flexibility index (Phi) is 27.8. The van der Waals surface area contributed by atoms with Gasteiger partial charge in [0, 0.05) is 69.6 Å². The lowest BCUT2D eigenvalue weighted by molar-refractivity contribution is 0.135. The highest BCUT2D eigenvalue weighted by molar-refractivity contribution is 7.93. The van der Waals surface area contributed by atoms with Crippen molar-refractivity contribution in [1.29, 1.82) is 0 Å². The molecule has 0 radical (unpaired) electrons. The van der Waals surface area contributed by atoms with E-state index in [-0.39, 0.29) is 32.7 Å². The van der Waals surface area contributed by atoms with Crippen molar-refractivity contribution in [3.05, 3.63) is 294 Å². The minimum atomic E-state index is -3.75. The fraction of sp³-hybridized carbons (Fsp3) is 0.212. The number of fused-ring (bicyclic) bond motifs is 4. The molecule has 13 rings (SSSR count). The van der Waals surface area contributed by atoms with Crippen molar-refractivity contribution in [2.75, 3.05) is 25.6 Å². The maximum atomic E-state index is 12.8. The molecule has 24 heteroatoms. The summed E-state index contributed by atoms with van der Waals surface area (Å²) in [5, 5.41) is 3.41. The minimum Gasteiger partial charge on any atom is -0.277 e. The van der Waals surface area contributed by atoms with Gasteiger partial charge >= 0.3 is 0 Å². The molecule has 8 aromatic carbocycles. The molecule has 0 aliphatic rings. The average Bonchev–Trinajstić information content (AvgIpc) is 0.809. The number of aromatic nitrogens is 5. The third kappa shape index (κ3) is 23.0. The Morgan fingerprint density at radius 2 is 0.670 bits per heavy atom. The van der Waals surface area contributed by atoms with Gasteiger partial charge in [-0.2, -0.15) is 0 Å². The molecule has 0 saturated heterocycles. The molecule has 4 N–H and O–H groups in total. The van der Waals surface area contributed by atoms with Gasteiger partial charge in [0.1, 0.15) is 0 Å². The van der Waals surface area contributed by atoms with Gasteiger partial charge in [-0.1, -0.05) is 150 Å². The molecule has 0 aliphatic heterocycles. The van der Waals surface area contributed by atoms with E-state index in [1.807, 2.05) is 119 Å². The molecule has 5 heterocycles. The molecule has 0 spiro atoms. The van der Waals surface area contributed by atoms with E-state index in [1.165, 1.54) is 5.56 Å². The van der Waals surface area contributed by atoms with Crippen LogP contribution in [0.3, 0.4) is 0 Å². The summed E-state index contributed by atoms with van der Waals surface area (Å²) in [5.41, 5.74) is 12.7. The monoisotopic (exact) mass is 1540 g/mol. The summed E-state index contributed by atoms with van der Waals surface area (Å²) < 4.78 is 149. The van der Waals surface area contributed by atoms with Gasteiger partial charge in [-0.05, 0) is 201 Å². The van der Waals surface area contributed by atoms with Crippen molar-refractivity contribution < 1.29 is 46.8 Å². The van der Waals surface area contributed by atoms with Crippen molar-refractivity contribution in [1.82, 2.24) is 24.9 Å². The van der Waals surface area contributed by atoms with E-state index < -0.39 is 46.5 Å². The summed E-state index contributed by atoms with van der Waals surface area (Å²) in [5.74, 6) is 2.62. The second-order valence-electron chi connectivity index (χ2n) is 26.1. The number of nitrogens with zero attached hydrogens (tertiary/aromatic N) is 5. The quantitative estimate of drug-likeness (QED) is 0.0277. The van der Waals surface area contributed by atoms with E-state index in [4.69, 9.17) is 11.4 Å².